The fraction of sp³-hybridized carbons (Fsp3) is 0.261. The lowest BCUT2D eigenvalue weighted by Gasteiger charge is -2.12. The summed E-state index contributed by atoms with van der Waals surface area (Å²) in [6.45, 7) is 2.94. The summed E-state index contributed by atoms with van der Waals surface area (Å²) in [5.41, 5.74) is 3.45. The van der Waals surface area contributed by atoms with E-state index in [4.69, 9.17) is 4.74 Å². The zero-order valence-electron chi connectivity index (χ0n) is 16.8. The maximum absolute atomic E-state index is 12.4. The second kappa shape index (κ2) is 8.82. The molecule has 2 aromatic carbocycles. The molecule has 0 bridgehead atoms. The zero-order valence-corrected chi connectivity index (χ0v) is 16.8. The number of nitrogens with one attached hydrogen (secondary N) is 2. The predicted molar refractivity (Wildman–Crippen MR) is 112 cm³/mol. The topological polar surface area (TPSA) is 85.2 Å². The van der Waals surface area contributed by atoms with Crippen molar-refractivity contribution in [2.24, 2.45) is 0 Å². The van der Waals surface area contributed by atoms with Gasteiger partial charge in [0.25, 0.3) is 11.8 Å². The third kappa shape index (κ3) is 4.86. The number of hydrogen-bond acceptors (Lipinski definition) is 4. The standard InChI is InChI=1S/C23H24N4O3/c1-16-6-5-9-20(10-16)30-15-22(28)25-18-11-19-12-21(26-27(19)14-18)23(29)24-13-17-7-3-2-4-8-17/h2-10,12,18H,11,13-15H2,1H3,(H,24,29)(H,25,28). The number of carbonyl (C=O) groups excluding carboxylic acids is 2. The van der Waals surface area contributed by atoms with Crippen LogP contribution in [0.15, 0.2) is 60.7 Å². The number of benzene rings is 2. The Bertz CT molecular complexity index is 1020. The van der Waals surface area contributed by atoms with Gasteiger partial charge in [0.2, 0.25) is 0 Å². The highest BCUT2D eigenvalue weighted by atomic mass is 16.5. The molecule has 0 radical (unpaired) electrons. The molecule has 0 aliphatic carbocycles. The van der Waals surface area contributed by atoms with E-state index in [1.54, 1.807) is 10.7 Å². The molecule has 1 atom stereocenters. The number of hydrogen-bond donors (Lipinski definition) is 2. The van der Waals surface area contributed by atoms with Gasteiger partial charge in [0.05, 0.1) is 12.6 Å². The zero-order chi connectivity index (χ0) is 20.9. The van der Waals surface area contributed by atoms with Crippen LogP contribution in [0.4, 0.5) is 0 Å². The first-order chi connectivity index (χ1) is 14.6. The van der Waals surface area contributed by atoms with Gasteiger partial charge >= 0.3 is 0 Å². The summed E-state index contributed by atoms with van der Waals surface area (Å²) in [6, 6.07) is 19.1. The number of amides is 2. The highest BCUT2D eigenvalue weighted by Gasteiger charge is 2.26. The Balaban J connectivity index is 1.24. The largest absolute Gasteiger partial charge is 0.484 e. The average Bonchev–Trinajstić information content (AvgIpc) is 3.30. The summed E-state index contributed by atoms with van der Waals surface area (Å²) in [6.07, 6.45) is 0.634. The lowest BCUT2D eigenvalue weighted by Crippen LogP contribution is -2.39. The molecule has 1 aromatic heterocycles. The molecule has 2 amide bonds. The van der Waals surface area contributed by atoms with Crippen molar-refractivity contribution in [3.63, 3.8) is 0 Å². The van der Waals surface area contributed by atoms with Crippen molar-refractivity contribution in [2.45, 2.75) is 32.5 Å². The minimum Gasteiger partial charge on any atom is -0.484 e. The molecule has 1 unspecified atom stereocenters. The van der Waals surface area contributed by atoms with E-state index in [-0.39, 0.29) is 24.5 Å². The first-order valence-electron chi connectivity index (χ1n) is 9.94. The van der Waals surface area contributed by atoms with E-state index in [0.29, 0.717) is 31.0 Å². The van der Waals surface area contributed by atoms with Crippen molar-refractivity contribution < 1.29 is 14.3 Å². The fourth-order valence-electron chi connectivity index (χ4n) is 3.50. The highest BCUT2D eigenvalue weighted by Crippen LogP contribution is 2.17. The van der Waals surface area contributed by atoms with Crippen molar-refractivity contribution >= 4 is 11.8 Å². The molecular formula is C23H24N4O3. The summed E-state index contributed by atoms with van der Waals surface area (Å²) >= 11 is 0. The lowest BCUT2D eigenvalue weighted by atomic mass is 10.2. The van der Waals surface area contributed by atoms with Crippen molar-refractivity contribution in [2.75, 3.05) is 6.61 Å². The molecule has 0 spiro atoms. The molecule has 3 aromatic rings. The molecule has 30 heavy (non-hydrogen) atoms. The van der Waals surface area contributed by atoms with Crippen LogP contribution < -0.4 is 15.4 Å². The van der Waals surface area contributed by atoms with Gasteiger partial charge < -0.3 is 15.4 Å². The Morgan fingerprint density at radius 3 is 2.73 bits per heavy atom. The van der Waals surface area contributed by atoms with Gasteiger partial charge in [-0.05, 0) is 36.2 Å². The van der Waals surface area contributed by atoms with E-state index in [0.717, 1.165) is 16.8 Å². The lowest BCUT2D eigenvalue weighted by molar-refractivity contribution is -0.123. The molecule has 1 aliphatic heterocycles. The maximum atomic E-state index is 12.4. The number of ether oxygens (including phenoxy) is 1. The smallest absolute Gasteiger partial charge is 0.272 e. The van der Waals surface area contributed by atoms with Crippen molar-refractivity contribution in [1.82, 2.24) is 20.4 Å². The molecule has 4 rings (SSSR count). The van der Waals surface area contributed by atoms with Crippen LogP contribution in [-0.4, -0.2) is 34.2 Å². The van der Waals surface area contributed by atoms with Crippen LogP contribution in [0.2, 0.25) is 0 Å². The Labute approximate surface area is 175 Å². The molecule has 2 heterocycles. The van der Waals surface area contributed by atoms with Crippen molar-refractivity contribution in [3.05, 3.63) is 83.2 Å². The fourth-order valence-corrected chi connectivity index (χ4v) is 3.50. The second-order valence-electron chi connectivity index (χ2n) is 7.45. The van der Waals surface area contributed by atoms with Crippen LogP contribution in [0.1, 0.15) is 27.3 Å². The summed E-state index contributed by atoms with van der Waals surface area (Å²) in [7, 11) is 0. The summed E-state index contributed by atoms with van der Waals surface area (Å²) < 4.78 is 7.33. The predicted octanol–water partition coefficient (Wildman–Crippen LogP) is 2.24. The van der Waals surface area contributed by atoms with Crippen molar-refractivity contribution in [1.29, 1.82) is 0 Å². The Morgan fingerprint density at radius 2 is 1.97 bits per heavy atom. The SMILES string of the molecule is Cc1cccc(OCC(=O)NC2Cc3cc(C(=O)NCc4ccccc4)nn3C2)c1. The van der Waals surface area contributed by atoms with Crippen LogP contribution >= 0.6 is 0 Å². The van der Waals surface area contributed by atoms with E-state index in [1.165, 1.54) is 0 Å². The molecule has 154 valence electrons. The normalized spacial score (nSPS) is 14.8. The maximum Gasteiger partial charge on any atom is 0.272 e. The monoisotopic (exact) mass is 404 g/mol. The van der Waals surface area contributed by atoms with Crippen molar-refractivity contribution in [3.8, 4) is 5.75 Å². The van der Waals surface area contributed by atoms with Gasteiger partial charge in [-0.2, -0.15) is 5.10 Å². The number of aryl methyl sites for hydroxylation is 1. The van der Waals surface area contributed by atoms with Gasteiger partial charge in [-0.25, -0.2) is 0 Å². The van der Waals surface area contributed by atoms with Crippen LogP contribution in [0.3, 0.4) is 0 Å². The first kappa shape index (κ1) is 19.7. The first-order valence-corrected chi connectivity index (χ1v) is 9.94. The molecule has 0 saturated heterocycles. The van der Waals surface area contributed by atoms with E-state index < -0.39 is 0 Å². The second-order valence-corrected chi connectivity index (χ2v) is 7.45. The molecule has 7 heteroatoms. The minimum absolute atomic E-state index is 0.0323. The molecule has 7 nitrogen and oxygen atoms in total. The molecule has 0 saturated carbocycles. The minimum atomic E-state index is -0.201. The summed E-state index contributed by atoms with van der Waals surface area (Å²) in [5, 5.41) is 10.2. The Hall–Kier alpha value is -3.61. The van der Waals surface area contributed by atoms with Gasteiger partial charge in [0.1, 0.15) is 11.4 Å². The van der Waals surface area contributed by atoms with E-state index in [2.05, 4.69) is 15.7 Å². The quantitative estimate of drug-likeness (QED) is 0.633. The number of aromatic nitrogens is 2. The average molecular weight is 404 g/mol. The van der Waals surface area contributed by atoms with Gasteiger partial charge in [-0.1, -0.05) is 42.5 Å². The van der Waals surface area contributed by atoms with Crippen LogP contribution in [0.5, 0.6) is 5.75 Å². The number of rotatable bonds is 7. The van der Waals surface area contributed by atoms with Crippen LogP contribution in [-0.2, 0) is 24.3 Å². The van der Waals surface area contributed by atoms with Gasteiger partial charge in [0, 0.05) is 18.7 Å². The van der Waals surface area contributed by atoms with Crippen LogP contribution in [0.25, 0.3) is 0 Å². The Kier molecular flexibility index (Phi) is 5.79. The third-order valence-electron chi connectivity index (χ3n) is 4.97. The van der Waals surface area contributed by atoms with E-state index in [1.807, 2.05) is 61.5 Å². The van der Waals surface area contributed by atoms with E-state index in [9.17, 15) is 9.59 Å². The third-order valence-corrected chi connectivity index (χ3v) is 4.97. The van der Waals surface area contributed by atoms with Crippen LogP contribution in [0, 0.1) is 6.92 Å². The Morgan fingerprint density at radius 1 is 1.13 bits per heavy atom. The molecule has 1 aliphatic rings. The molecular weight excluding hydrogens is 380 g/mol. The van der Waals surface area contributed by atoms with E-state index >= 15 is 0 Å². The van der Waals surface area contributed by atoms with Gasteiger partial charge in [-0.15, -0.1) is 0 Å². The highest BCUT2D eigenvalue weighted by molar-refractivity contribution is 5.92. The molecule has 2 N–H and O–H groups in total. The number of nitrogens with zero attached hydrogens (tertiary/aromatic N) is 2. The number of fused-ring (bicyclic) bond motifs is 1. The van der Waals surface area contributed by atoms with Gasteiger partial charge in [0.15, 0.2) is 6.61 Å². The summed E-state index contributed by atoms with van der Waals surface area (Å²) in [4.78, 5) is 24.5. The summed E-state index contributed by atoms with van der Waals surface area (Å²) in [5.74, 6) is 0.302. The van der Waals surface area contributed by atoms with Gasteiger partial charge in [-0.3, -0.25) is 14.3 Å². The number of carbonyl (C=O) groups is 2. The molecule has 0 fully saturated rings.